The second-order valence-electron chi connectivity index (χ2n) is 8.94. The number of hydrogen-bond donors (Lipinski definition) is 3. The van der Waals surface area contributed by atoms with Gasteiger partial charge < -0.3 is 24.8 Å². The van der Waals surface area contributed by atoms with Crippen molar-refractivity contribution in [2.75, 3.05) is 44.8 Å². The summed E-state index contributed by atoms with van der Waals surface area (Å²) in [4.78, 5) is 11.2. The fraction of sp³-hybridized carbons (Fsp3) is 0.565. The van der Waals surface area contributed by atoms with Crippen molar-refractivity contribution >= 4 is 16.0 Å². The summed E-state index contributed by atoms with van der Waals surface area (Å²) in [5.41, 5.74) is 0.823. The van der Waals surface area contributed by atoms with Gasteiger partial charge in [-0.15, -0.1) is 0 Å². The lowest BCUT2D eigenvalue weighted by Crippen LogP contribution is -2.45. The molecule has 0 radical (unpaired) electrons. The zero-order valence-electron chi connectivity index (χ0n) is 19.6. The number of rotatable bonds is 9. The third-order valence-electron chi connectivity index (χ3n) is 6.42. The molecule has 0 bridgehead atoms. The van der Waals surface area contributed by atoms with Crippen molar-refractivity contribution in [3.63, 3.8) is 0 Å². The summed E-state index contributed by atoms with van der Waals surface area (Å²) in [5, 5.41) is 13.7. The lowest BCUT2D eigenvalue weighted by atomic mass is 9.87. The number of aryl methyl sites for hydroxylation is 1. The van der Waals surface area contributed by atoms with Crippen LogP contribution in [-0.2, 0) is 14.8 Å². The van der Waals surface area contributed by atoms with Crippen LogP contribution in [0.5, 0.6) is 5.75 Å². The van der Waals surface area contributed by atoms with Crippen molar-refractivity contribution in [2.45, 2.75) is 48.8 Å². The van der Waals surface area contributed by atoms with Gasteiger partial charge in [0.1, 0.15) is 18.5 Å². The van der Waals surface area contributed by atoms with E-state index in [-0.39, 0.29) is 23.1 Å². The Labute approximate surface area is 200 Å². The van der Waals surface area contributed by atoms with E-state index in [1.54, 1.807) is 18.3 Å². The number of ether oxygens (including phenoxy) is 2. The van der Waals surface area contributed by atoms with E-state index in [1.165, 1.54) is 19.2 Å². The van der Waals surface area contributed by atoms with Gasteiger partial charge in [-0.1, -0.05) is 6.07 Å². The maximum atomic E-state index is 11.9. The van der Waals surface area contributed by atoms with E-state index < -0.39 is 16.1 Å². The molecule has 11 heteroatoms. The van der Waals surface area contributed by atoms with Crippen LogP contribution in [0.3, 0.4) is 0 Å². The molecule has 3 N–H and O–H groups in total. The van der Waals surface area contributed by atoms with Crippen LogP contribution >= 0.6 is 0 Å². The predicted octanol–water partition coefficient (Wildman–Crippen LogP) is 0.851. The fourth-order valence-electron chi connectivity index (χ4n) is 4.43. The third kappa shape index (κ3) is 6.02. The molecule has 186 valence electrons. The van der Waals surface area contributed by atoms with Crippen LogP contribution in [0, 0.1) is 6.92 Å². The van der Waals surface area contributed by atoms with Gasteiger partial charge in [0, 0.05) is 43.6 Å². The number of benzene rings is 1. The molecule has 1 aromatic heterocycles. The molecule has 1 spiro atoms. The molecule has 2 fully saturated rings. The molecule has 2 aliphatic heterocycles. The highest BCUT2D eigenvalue weighted by molar-refractivity contribution is 7.89. The van der Waals surface area contributed by atoms with Gasteiger partial charge in [-0.05, 0) is 51.4 Å². The number of aliphatic hydroxyl groups is 1. The van der Waals surface area contributed by atoms with Gasteiger partial charge in [0.15, 0.2) is 0 Å². The van der Waals surface area contributed by atoms with Crippen molar-refractivity contribution < 1.29 is 23.0 Å². The van der Waals surface area contributed by atoms with Crippen molar-refractivity contribution in [3.8, 4) is 5.75 Å². The number of piperidine rings is 1. The van der Waals surface area contributed by atoms with Crippen LogP contribution in [-0.4, -0.2) is 81.1 Å². The summed E-state index contributed by atoms with van der Waals surface area (Å²) >= 11 is 0. The van der Waals surface area contributed by atoms with Gasteiger partial charge in [-0.3, -0.25) is 0 Å². The first-order valence-corrected chi connectivity index (χ1v) is 13.0. The minimum atomic E-state index is -3.54. The molecule has 34 heavy (non-hydrogen) atoms. The van der Waals surface area contributed by atoms with Gasteiger partial charge in [0.2, 0.25) is 16.0 Å². The van der Waals surface area contributed by atoms with E-state index in [9.17, 15) is 13.5 Å². The topological polar surface area (TPSA) is 126 Å². The summed E-state index contributed by atoms with van der Waals surface area (Å²) in [6.45, 7) is 4.71. The molecule has 3 heterocycles. The first-order valence-electron chi connectivity index (χ1n) is 11.5. The highest BCUT2D eigenvalue weighted by Gasteiger charge is 2.43. The molecular formula is C23H33N5O5S. The first-order chi connectivity index (χ1) is 16.3. The Balaban J connectivity index is 1.20. The molecule has 2 aromatic rings. The molecule has 2 saturated heterocycles. The zero-order valence-corrected chi connectivity index (χ0v) is 20.4. The summed E-state index contributed by atoms with van der Waals surface area (Å²) in [6.07, 6.45) is 3.79. The third-order valence-corrected chi connectivity index (χ3v) is 7.83. The maximum absolute atomic E-state index is 11.9. The standard InChI is InChI=1S/C23H33N5O5S/c1-17-6-9-25-22(27-17)28-10-7-23(8-11-28)13-18(15-33-23)26-14-19(29)16-32-20-4-3-5-21(12-20)34(30,31)24-2/h3-6,9,12,18-19,24,26,29H,7-8,10-11,13-16H2,1-2H3/t18-,19?/m1/s1. The lowest BCUT2D eigenvalue weighted by molar-refractivity contribution is -0.0152. The van der Waals surface area contributed by atoms with Crippen molar-refractivity contribution in [3.05, 3.63) is 42.2 Å². The van der Waals surface area contributed by atoms with Crippen LogP contribution in [0.1, 0.15) is 25.0 Å². The molecule has 0 amide bonds. The molecule has 2 aliphatic rings. The van der Waals surface area contributed by atoms with Crippen LogP contribution in [0.2, 0.25) is 0 Å². The Morgan fingerprint density at radius 3 is 2.85 bits per heavy atom. The minimum absolute atomic E-state index is 0.0558. The van der Waals surface area contributed by atoms with Crippen LogP contribution in [0.4, 0.5) is 5.95 Å². The summed E-state index contributed by atoms with van der Waals surface area (Å²) in [6, 6.07) is 8.27. The molecule has 1 aromatic carbocycles. The van der Waals surface area contributed by atoms with Gasteiger partial charge >= 0.3 is 0 Å². The van der Waals surface area contributed by atoms with Crippen molar-refractivity contribution in [1.29, 1.82) is 0 Å². The number of sulfonamides is 1. The minimum Gasteiger partial charge on any atom is -0.491 e. The van der Waals surface area contributed by atoms with Gasteiger partial charge in [0.05, 0.1) is 17.1 Å². The number of nitrogens with zero attached hydrogens (tertiary/aromatic N) is 3. The molecular weight excluding hydrogens is 458 g/mol. The monoisotopic (exact) mass is 491 g/mol. The largest absolute Gasteiger partial charge is 0.491 e. The highest BCUT2D eigenvalue weighted by atomic mass is 32.2. The summed E-state index contributed by atoms with van der Waals surface area (Å²) in [5.74, 6) is 1.17. The van der Waals surface area contributed by atoms with Gasteiger partial charge in [-0.2, -0.15) is 0 Å². The summed E-state index contributed by atoms with van der Waals surface area (Å²) < 4.78 is 37.9. The second kappa shape index (κ2) is 10.5. The Hall–Kier alpha value is -2.31. The number of hydrogen-bond acceptors (Lipinski definition) is 9. The molecule has 0 aliphatic carbocycles. The second-order valence-corrected chi connectivity index (χ2v) is 10.8. The Morgan fingerprint density at radius 2 is 2.12 bits per heavy atom. The molecule has 4 rings (SSSR count). The maximum Gasteiger partial charge on any atom is 0.240 e. The lowest BCUT2D eigenvalue weighted by Gasteiger charge is -2.38. The van der Waals surface area contributed by atoms with E-state index in [1.807, 2.05) is 13.0 Å². The average molecular weight is 492 g/mol. The Bertz CT molecular complexity index is 1070. The van der Waals surface area contributed by atoms with Crippen molar-refractivity contribution in [1.82, 2.24) is 20.0 Å². The first kappa shape index (κ1) is 24.8. The zero-order chi connectivity index (χ0) is 24.2. The van der Waals surface area contributed by atoms with E-state index in [2.05, 4.69) is 24.9 Å². The van der Waals surface area contributed by atoms with Crippen LogP contribution in [0.15, 0.2) is 41.4 Å². The SMILES string of the molecule is CNS(=O)(=O)c1cccc(OCC(O)CN[C@H]2COC3(CCN(c4nccc(C)n4)CC3)C2)c1. The Morgan fingerprint density at radius 1 is 1.32 bits per heavy atom. The van der Waals surface area contributed by atoms with Gasteiger partial charge in [-0.25, -0.2) is 23.1 Å². The van der Waals surface area contributed by atoms with E-state index >= 15 is 0 Å². The normalized spacial score (nSPS) is 21.0. The number of aliphatic hydroxyl groups excluding tert-OH is 1. The van der Waals surface area contributed by atoms with E-state index in [0.717, 1.165) is 44.0 Å². The molecule has 10 nitrogen and oxygen atoms in total. The molecule has 0 saturated carbocycles. The number of aromatic nitrogens is 2. The number of anilines is 1. The Kier molecular flexibility index (Phi) is 7.68. The van der Waals surface area contributed by atoms with Gasteiger partial charge in [0.25, 0.3) is 0 Å². The quantitative estimate of drug-likeness (QED) is 0.468. The highest BCUT2D eigenvalue weighted by Crippen LogP contribution is 2.36. The number of nitrogens with one attached hydrogen (secondary N) is 2. The van der Waals surface area contributed by atoms with Crippen LogP contribution in [0.25, 0.3) is 0 Å². The summed E-state index contributed by atoms with van der Waals surface area (Å²) in [7, 11) is -2.19. The average Bonchev–Trinajstić information content (AvgIpc) is 3.24. The molecule has 2 atom stereocenters. The van der Waals surface area contributed by atoms with Crippen LogP contribution < -0.4 is 19.7 Å². The smallest absolute Gasteiger partial charge is 0.240 e. The predicted molar refractivity (Wildman–Crippen MR) is 127 cm³/mol. The van der Waals surface area contributed by atoms with E-state index in [4.69, 9.17) is 9.47 Å². The van der Waals surface area contributed by atoms with E-state index in [0.29, 0.717) is 18.9 Å². The molecule has 1 unspecified atom stereocenters. The van der Waals surface area contributed by atoms with Crippen molar-refractivity contribution in [2.24, 2.45) is 0 Å². The fourth-order valence-corrected chi connectivity index (χ4v) is 5.19.